The molecule has 3 amide bonds. The quantitative estimate of drug-likeness (QED) is 0.240. The molecule has 2 rings (SSSR count). The zero-order chi connectivity index (χ0) is 35.0. The maximum atomic E-state index is 14.6. The molecule has 0 spiro atoms. The number of benzene rings is 2. The van der Waals surface area contributed by atoms with E-state index in [1.807, 2.05) is 51.1 Å². The Balaban J connectivity index is 2.70. The fraction of sp³-hybridized carbons (Fsp3) is 0.556. The minimum Gasteiger partial charge on any atom is -0.508 e. The first-order valence-electron chi connectivity index (χ1n) is 15.8. The predicted molar refractivity (Wildman–Crippen MR) is 178 cm³/mol. The smallest absolute Gasteiger partial charge is 0.408 e. The third kappa shape index (κ3) is 11.1. The van der Waals surface area contributed by atoms with Gasteiger partial charge >= 0.3 is 12.1 Å². The number of nitrogens with one attached hydrogen (secondary N) is 2. The molecule has 3 N–H and O–H groups in total. The number of rotatable bonds is 12. The van der Waals surface area contributed by atoms with Crippen molar-refractivity contribution in [1.82, 2.24) is 15.5 Å². The highest BCUT2D eigenvalue weighted by atomic mass is 16.6. The number of hydrogen-bond donors (Lipinski definition) is 3. The van der Waals surface area contributed by atoms with Crippen LogP contribution in [0.25, 0.3) is 0 Å². The van der Waals surface area contributed by atoms with Crippen molar-refractivity contribution in [3.63, 3.8) is 0 Å². The number of alkyl carbamates (subject to hydrolysis) is 1. The molecule has 0 aromatic heterocycles. The standard InChI is InChI=1S/C36H53N3O7/c1-12-36(10,11)39(31(42)28(23(2)3)38-33(44)46-35(7,8)9)29(25-20-16-17-21-27(25)40)30(41)37-26(32(43)45-34(4,5)6)22-24-18-14-13-15-19-24/h13-21,23,26,28-29,40H,12,22H2,1-11H3,(H,37,41)(H,38,44). The van der Waals surface area contributed by atoms with Crippen LogP contribution in [0.3, 0.4) is 0 Å². The monoisotopic (exact) mass is 639 g/mol. The van der Waals surface area contributed by atoms with Crippen molar-refractivity contribution in [3.05, 3.63) is 65.7 Å². The summed E-state index contributed by atoms with van der Waals surface area (Å²) in [5.41, 5.74) is -1.62. The van der Waals surface area contributed by atoms with Crippen molar-refractivity contribution in [3.8, 4) is 5.75 Å². The van der Waals surface area contributed by atoms with Crippen LogP contribution in [0.5, 0.6) is 5.75 Å². The Morgan fingerprint density at radius 2 is 1.35 bits per heavy atom. The molecular weight excluding hydrogens is 586 g/mol. The van der Waals surface area contributed by atoms with Crippen molar-refractivity contribution in [2.75, 3.05) is 0 Å². The number of phenols is 1. The first-order chi connectivity index (χ1) is 21.2. The molecule has 10 heteroatoms. The summed E-state index contributed by atoms with van der Waals surface area (Å²) in [5, 5.41) is 16.6. The highest BCUT2D eigenvalue weighted by Crippen LogP contribution is 2.36. The molecule has 0 aliphatic rings. The summed E-state index contributed by atoms with van der Waals surface area (Å²) < 4.78 is 11.1. The van der Waals surface area contributed by atoms with E-state index in [4.69, 9.17) is 9.47 Å². The summed E-state index contributed by atoms with van der Waals surface area (Å²) in [6, 6.07) is 11.9. The second kappa shape index (κ2) is 15.5. The average Bonchev–Trinajstić information content (AvgIpc) is 2.92. The van der Waals surface area contributed by atoms with Crippen molar-refractivity contribution in [2.45, 2.75) is 124 Å². The largest absolute Gasteiger partial charge is 0.508 e. The molecule has 46 heavy (non-hydrogen) atoms. The molecule has 0 radical (unpaired) electrons. The number of esters is 1. The first-order valence-corrected chi connectivity index (χ1v) is 15.8. The Morgan fingerprint density at radius 1 is 0.804 bits per heavy atom. The van der Waals surface area contributed by atoms with Crippen molar-refractivity contribution in [2.24, 2.45) is 5.92 Å². The Hall–Kier alpha value is -4.08. The number of para-hydroxylation sites is 1. The van der Waals surface area contributed by atoms with E-state index in [-0.39, 0.29) is 17.7 Å². The van der Waals surface area contributed by atoms with Crippen LogP contribution >= 0.6 is 0 Å². The van der Waals surface area contributed by atoms with Gasteiger partial charge in [-0.15, -0.1) is 0 Å². The summed E-state index contributed by atoms with van der Waals surface area (Å²) in [5.74, 6) is -2.47. The second-order valence-corrected chi connectivity index (χ2v) is 14.5. The van der Waals surface area contributed by atoms with E-state index in [1.165, 1.54) is 11.0 Å². The van der Waals surface area contributed by atoms with E-state index in [0.717, 1.165) is 5.56 Å². The van der Waals surface area contributed by atoms with E-state index in [0.29, 0.717) is 6.42 Å². The van der Waals surface area contributed by atoms with E-state index in [2.05, 4.69) is 10.6 Å². The van der Waals surface area contributed by atoms with Gasteiger partial charge in [0.1, 0.15) is 35.1 Å². The van der Waals surface area contributed by atoms with E-state index in [9.17, 15) is 24.3 Å². The second-order valence-electron chi connectivity index (χ2n) is 14.5. The summed E-state index contributed by atoms with van der Waals surface area (Å²) >= 11 is 0. The lowest BCUT2D eigenvalue weighted by Crippen LogP contribution is -2.61. The lowest BCUT2D eigenvalue weighted by atomic mass is 9.90. The van der Waals surface area contributed by atoms with Gasteiger partial charge in [-0.2, -0.15) is 0 Å². The van der Waals surface area contributed by atoms with Gasteiger partial charge in [0.15, 0.2) is 0 Å². The van der Waals surface area contributed by atoms with Crippen LogP contribution in [0.4, 0.5) is 4.79 Å². The summed E-state index contributed by atoms with van der Waals surface area (Å²) in [6.45, 7) is 19.5. The zero-order valence-electron chi connectivity index (χ0n) is 29.3. The van der Waals surface area contributed by atoms with Crippen LogP contribution in [-0.2, 0) is 30.3 Å². The Bertz CT molecular complexity index is 1340. The average molecular weight is 640 g/mol. The van der Waals surface area contributed by atoms with Gasteiger partial charge in [-0.25, -0.2) is 9.59 Å². The lowest BCUT2D eigenvalue weighted by molar-refractivity contribution is -0.159. The number of carbonyl (C=O) groups is 4. The molecule has 0 saturated carbocycles. The zero-order valence-corrected chi connectivity index (χ0v) is 29.3. The Morgan fingerprint density at radius 3 is 1.85 bits per heavy atom. The molecule has 0 heterocycles. The molecule has 254 valence electrons. The molecule has 3 unspecified atom stereocenters. The SMILES string of the molecule is CCC(C)(C)N(C(=O)C(NC(=O)OC(C)(C)C)C(C)C)C(C(=O)NC(Cc1ccccc1)C(=O)OC(C)(C)C)c1ccccc1O. The van der Waals surface area contributed by atoms with Gasteiger partial charge < -0.3 is 30.1 Å². The number of ether oxygens (including phenoxy) is 2. The van der Waals surface area contributed by atoms with E-state index in [1.54, 1.807) is 73.6 Å². The minimum atomic E-state index is -1.38. The number of amides is 3. The highest BCUT2D eigenvalue weighted by molar-refractivity contribution is 5.95. The molecule has 0 bridgehead atoms. The van der Waals surface area contributed by atoms with Crippen LogP contribution in [-0.4, -0.2) is 62.7 Å². The summed E-state index contributed by atoms with van der Waals surface area (Å²) in [6.07, 6.45) is -0.216. The number of hydrogen-bond acceptors (Lipinski definition) is 7. The van der Waals surface area contributed by atoms with Crippen LogP contribution in [0.2, 0.25) is 0 Å². The van der Waals surface area contributed by atoms with Crippen LogP contribution in [0.15, 0.2) is 54.6 Å². The van der Waals surface area contributed by atoms with Crippen molar-refractivity contribution >= 4 is 23.9 Å². The Labute approximate surface area is 274 Å². The number of aromatic hydroxyl groups is 1. The first kappa shape index (κ1) is 38.1. The molecular formula is C36H53N3O7. The fourth-order valence-corrected chi connectivity index (χ4v) is 4.83. The summed E-state index contributed by atoms with van der Waals surface area (Å²) in [4.78, 5) is 56.9. The van der Waals surface area contributed by atoms with Gasteiger partial charge in [0.25, 0.3) is 0 Å². The minimum absolute atomic E-state index is 0.134. The van der Waals surface area contributed by atoms with E-state index < -0.39 is 64.7 Å². The molecule has 3 atom stereocenters. The lowest BCUT2D eigenvalue weighted by Gasteiger charge is -2.45. The maximum Gasteiger partial charge on any atom is 0.408 e. The third-order valence-electron chi connectivity index (χ3n) is 7.39. The molecule has 0 saturated heterocycles. The molecule has 0 aliphatic carbocycles. The number of carbonyl (C=O) groups excluding carboxylic acids is 4. The molecule has 0 fully saturated rings. The molecule has 0 aliphatic heterocycles. The van der Waals surface area contributed by atoms with Crippen LogP contribution in [0.1, 0.15) is 99.8 Å². The highest BCUT2D eigenvalue weighted by Gasteiger charge is 2.45. The van der Waals surface area contributed by atoms with Crippen molar-refractivity contribution < 1.29 is 33.8 Å². The normalized spacial score (nSPS) is 14.1. The van der Waals surface area contributed by atoms with Gasteiger partial charge in [0.2, 0.25) is 11.8 Å². The van der Waals surface area contributed by atoms with Crippen LogP contribution in [0, 0.1) is 5.92 Å². The molecule has 10 nitrogen and oxygen atoms in total. The van der Waals surface area contributed by atoms with Gasteiger partial charge in [-0.1, -0.05) is 69.3 Å². The fourth-order valence-electron chi connectivity index (χ4n) is 4.83. The summed E-state index contributed by atoms with van der Waals surface area (Å²) in [7, 11) is 0. The number of nitrogens with zero attached hydrogens (tertiary/aromatic N) is 1. The van der Waals surface area contributed by atoms with Crippen molar-refractivity contribution in [1.29, 1.82) is 0 Å². The molecule has 2 aromatic carbocycles. The third-order valence-corrected chi connectivity index (χ3v) is 7.39. The van der Waals surface area contributed by atoms with Gasteiger partial charge in [0.05, 0.1) is 0 Å². The topological polar surface area (TPSA) is 134 Å². The molecule has 2 aromatic rings. The maximum absolute atomic E-state index is 14.6. The Kier molecular flexibility index (Phi) is 12.8. The number of phenolic OH excluding ortho intramolecular Hbond substituents is 1. The predicted octanol–water partition coefficient (Wildman–Crippen LogP) is 6.07. The van der Waals surface area contributed by atoms with E-state index >= 15 is 0 Å². The van der Waals surface area contributed by atoms with Crippen LogP contribution < -0.4 is 10.6 Å². The van der Waals surface area contributed by atoms with Gasteiger partial charge in [0, 0.05) is 17.5 Å². The van der Waals surface area contributed by atoms with Gasteiger partial charge in [-0.05, 0) is 79.4 Å². The van der Waals surface area contributed by atoms with Gasteiger partial charge in [-0.3, -0.25) is 9.59 Å².